The average molecular weight is 341 g/mol. The van der Waals surface area contributed by atoms with Gasteiger partial charge in [-0.15, -0.1) is 5.06 Å². The van der Waals surface area contributed by atoms with Crippen LogP contribution in [0, 0.1) is 0 Å². The molecule has 0 aliphatic carbocycles. The number of nitrogens with zero attached hydrogens (tertiary/aromatic N) is 1. The normalized spacial score (nSPS) is 29.5. The lowest BCUT2D eigenvalue weighted by Gasteiger charge is -2.16. The first-order valence-corrected chi connectivity index (χ1v) is 8.84. The van der Waals surface area contributed by atoms with Gasteiger partial charge in [0, 0.05) is 30.3 Å². The van der Waals surface area contributed by atoms with Crippen LogP contribution in [0.2, 0.25) is 0 Å². The molecule has 0 saturated carbocycles. The Hall–Kier alpha value is -1.77. The Kier molecular flexibility index (Phi) is 4.74. The maximum absolute atomic E-state index is 11.7. The lowest BCUT2D eigenvalue weighted by molar-refractivity contribution is -0.197. The van der Waals surface area contributed by atoms with Gasteiger partial charge in [0.15, 0.2) is 0 Å². The first kappa shape index (κ1) is 16.1. The van der Waals surface area contributed by atoms with E-state index in [1.165, 1.54) is 0 Å². The van der Waals surface area contributed by atoms with Crippen molar-refractivity contribution in [3.8, 4) is 0 Å². The van der Waals surface area contributed by atoms with Crippen LogP contribution in [-0.2, 0) is 19.2 Å². The van der Waals surface area contributed by atoms with Crippen molar-refractivity contribution < 1.29 is 24.0 Å². The van der Waals surface area contributed by atoms with Crippen molar-refractivity contribution in [3.05, 3.63) is 0 Å². The molecule has 126 valence electrons. The van der Waals surface area contributed by atoms with Crippen LogP contribution in [0.1, 0.15) is 38.5 Å². The molecule has 0 aromatic heterocycles. The maximum Gasteiger partial charge on any atom is 0.333 e. The molecule has 0 unspecified atom stereocenters. The van der Waals surface area contributed by atoms with Gasteiger partial charge in [0.2, 0.25) is 0 Å². The Morgan fingerprint density at radius 2 is 1.91 bits per heavy atom. The molecule has 3 fully saturated rings. The Bertz CT molecular complexity index is 525. The van der Waals surface area contributed by atoms with E-state index < -0.39 is 17.8 Å². The van der Waals surface area contributed by atoms with E-state index >= 15 is 0 Å². The molecule has 8 nitrogen and oxygen atoms in total. The summed E-state index contributed by atoms with van der Waals surface area (Å²) in [6, 6.07) is 0.266. The van der Waals surface area contributed by atoms with Crippen LogP contribution < -0.4 is 10.6 Å². The Balaban J connectivity index is 1.34. The van der Waals surface area contributed by atoms with Gasteiger partial charge < -0.3 is 15.5 Å². The van der Waals surface area contributed by atoms with Gasteiger partial charge >= 0.3 is 12.0 Å². The van der Waals surface area contributed by atoms with Crippen LogP contribution >= 0.6 is 11.8 Å². The van der Waals surface area contributed by atoms with Gasteiger partial charge in [0.1, 0.15) is 0 Å². The number of hydrogen-bond acceptors (Lipinski definition) is 6. The highest BCUT2D eigenvalue weighted by Gasteiger charge is 2.42. The monoisotopic (exact) mass is 341 g/mol. The molecule has 0 spiro atoms. The molecular weight excluding hydrogens is 322 g/mol. The zero-order chi connectivity index (χ0) is 16.4. The summed E-state index contributed by atoms with van der Waals surface area (Å²) in [6.45, 7) is 0. The van der Waals surface area contributed by atoms with E-state index in [-0.39, 0.29) is 37.4 Å². The van der Waals surface area contributed by atoms with E-state index in [0.717, 1.165) is 18.6 Å². The molecule has 4 amide bonds. The summed E-state index contributed by atoms with van der Waals surface area (Å²) in [4.78, 5) is 50.5. The van der Waals surface area contributed by atoms with Gasteiger partial charge in [-0.05, 0) is 12.8 Å². The van der Waals surface area contributed by atoms with Crippen molar-refractivity contribution in [3.63, 3.8) is 0 Å². The minimum Gasteiger partial charge on any atom is -0.332 e. The third kappa shape index (κ3) is 3.60. The highest BCUT2D eigenvalue weighted by molar-refractivity contribution is 8.00. The van der Waals surface area contributed by atoms with Gasteiger partial charge in [-0.3, -0.25) is 9.59 Å². The number of rotatable bonds is 6. The molecule has 3 aliphatic heterocycles. The summed E-state index contributed by atoms with van der Waals surface area (Å²) >= 11 is 1.83. The lowest BCUT2D eigenvalue weighted by Crippen LogP contribution is -2.36. The topological polar surface area (TPSA) is 105 Å². The minimum atomic E-state index is -0.554. The SMILES string of the molecule is O=C1N[C@@H]2[C@@H](CS[C@@H]2CCCCC(=O)ON2C(=O)CCC2=O)N1. The lowest BCUT2D eigenvalue weighted by atomic mass is 10.0. The highest BCUT2D eigenvalue weighted by Crippen LogP contribution is 2.33. The van der Waals surface area contributed by atoms with E-state index in [2.05, 4.69) is 10.6 Å². The molecule has 0 aromatic rings. The predicted molar refractivity (Wildman–Crippen MR) is 81.1 cm³/mol. The van der Waals surface area contributed by atoms with E-state index in [4.69, 9.17) is 4.84 Å². The van der Waals surface area contributed by atoms with E-state index in [1.54, 1.807) is 0 Å². The third-order valence-electron chi connectivity index (χ3n) is 4.26. The number of nitrogens with one attached hydrogen (secondary N) is 2. The maximum atomic E-state index is 11.7. The molecule has 3 rings (SSSR count). The second kappa shape index (κ2) is 6.77. The molecule has 3 heterocycles. The number of fused-ring (bicyclic) bond motifs is 1. The first-order valence-electron chi connectivity index (χ1n) is 7.80. The summed E-state index contributed by atoms with van der Waals surface area (Å²) in [5, 5.41) is 6.76. The van der Waals surface area contributed by atoms with Gasteiger partial charge in [-0.2, -0.15) is 11.8 Å². The number of hydroxylamine groups is 2. The molecule has 3 aliphatic rings. The number of urea groups is 1. The number of carbonyl (C=O) groups is 4. The van der Waals surface area contributed by atoms with Crippen molar-refractivity contribution in [1.29, 1.82) is 0 Å². The van der Waals surface area contributed by atoms with Crippen LogP contribution in [0.5, 0.6) is 0 Å². The van der Waals surface area contributed by atoms with Gasteiger partial charge in [0.25, 0.3) is 11.8 Å². The van der Waals surface area contributed by atoms with Crippen LogP contribution in [0.3, 0.4) is 0 Å². The second-order valence-electron chi connectivity index (χ2n) is 5.91. The number of amides is 4. The van der Waals surface area contributed by atoms with Gasteiger partial charge in [0.05, 0.1) is 12.1 Å². The third-order valence-corrected chi connectivity index (χ3v) is 5.77. The average Bonchev–Trinajstić information content (AvgIpc) is 3.14. The molecule has 0 aromatic carbocycles. The van der Waals surface area contributed by atoms with Crippen molar-refractivity contribution in [2.45, 2.75) is 55.9 Å². The van der Waals surface area contributed by atoms with Crippen molar-refractivity contribution in [1.82, 2.24) is 15.7 Å². The van der Waals surface area contributed by atoms with E-state index in [0.29, 0.717) is 16.7 Å². The Morgan fingerprint density at radius 3 is 2.65 bits per heavy atom. The summed E-state index contributed by atoms with van der Waals surface area (Å²) in [6.07, 6.45) is 2.75. The van der Waals surface area contributed by atoms with E-state index in [1.807, 2.05) is 11.8 Å². The fraction of sp³-hybridized carbons (Fsp3) is 0.714. The van der Waals surface area contributed by atoms with Crippen LogP contribution in [0.25, 0.3) is 0 Å². The van der Waals surface area contributed by atoms with Crippen LogP contribution in [0.4, 0.5) is 4.79 Å². The predicted octanol–water partition coefficient (Wildman–Crippen LogP) is 0.319. The Labute approximate surface area is 137 Å². The summed E-state index contributed by atoms with van der Waals surface area (Å²) < 4.78 is 0. The van der Waals surface area contributed by atoms with Gasteiger partial charge in [-0.1, -0.05) is 6.42 Å². The summed E-state index contributed by atoms with van der Waals surface area (Å²) in [5.74, 6) is -0.557. The second-order valence-corrected chi connectivity index (χ2v) is 7.18. The number of thioether (sulfide) groups is 1. The first-order chi connectivity index (χ1) is 11.0. The van der Waals surface area contributed by atoms with Crippen molar-refractivity contribution >= 4 is 35.6 Å². The molecule has 9 heteroatoms. The molecule has 3 saturated heterocycles. The largest absolute Gasteiger partial charge is 0.333 e. The molecule has 2 N–H and O–H groups in total. The van der Waals surface area contributed by atoms with Crippen molar-refractivity contribution in [2.24, 2.45) is 0 Å². The number of imide groups is 1. The quantitative estimate of drug-likeness (QED) is 0.409. The number of unbranched alkanes of at least 4 members (excludes halogenated alkanes) is 1. The minimum absolute atomic E-state index is 0.103. The molecular formula is C14H19N3O5S. The molecule has 0 radical (unpaired) electrons. The zero-order valence-corrected chi connectivity index (χ0v) is 13.4. The molecule has 0 bridgehead atoms. The summed E-state index contributed by atoms with van der Waals surface area (Å²) in [7, 11) is 0. The number of hydrogen-bond donors (Lipinski definition) is 2. The summed E-state index contributed by atoms with van der Waals surface area (Å²) in [5.41, 5.74) is 0. The molecule has 23 heavy (non-hydrogen) atoms. The standard InChI is InChI=1S/C14H19N3O5S/c18-10-5-6-11(19)17(10)22-12(20)4-2-1-3-9-13-8(7-23-9)15-14(21)16-13/h8-9,13H,1-7H2,(H2,15,16,21)/t8-,9-,13-/m1/s1. The highest BCUT2D eigenvalue weighted by atomic mass is 32.2. The van der Waals surface area contributed by atoms with Gasteiger partial charge in [-0.25, -0.2) is 9.59 Å². The number of carbonyl (C=O) groups excluding carboxylic acids is 4. The Morgan fingerprint density at radius 1 is 1.17 bits per heavy atom. The van der Waals surface area contributed by atoms with Crippen molar-refractivity contribution in [2.75, 3.05) is 5.75 Å². The fourth-order valence-corrected chi connectivity index (χ4v) is 4.61. The van der Waals surface area contributed by atoms with Crippen LogP contribution in [-0.4, -0.2) is 52.0 Å². The molecule has 3 atom stereocenters. The van der Waals surface area contributed by atoms with E-state index in [9.17, 15) is 19.2 Å². The fourth-order valence-electron chi connectivity index (χ4n) is 3.06. The van der Waals surface area contributed by atoms with Crippen LogP contribution in [0.15, 0.2) is 0 Å². The smallest absolute Gasteiger partial charge is 0.332 e. The zero-order valence-electron chi connectivity index (χ0n) is 12.6.